The van der Waals surface area contributed by atoms with Crippen LogP contribution in [0.15, 0.2) is 48.5 Å². The standard InChI is InChI=1S/C17H20N2O/c1-12-9-10-14(19-16(20)17(2,3)18)11-15(12)13-7-5-4-6-8-13/h4-11H,18H2,1-3H3,(H,19,20). The summed E-state index contributed by atoms with van der Waals surface area (Å²) >= 11 is 0. The van der Waals surface area contributed by atoms with Crippen molar-refractivity contribution in [3.05, 3.63) is 54.1 Å². The van der Waals surface area contributed by atoms with Crippen LogP contribution >= 0.6 is 0 Å². The minimum absolute atomic E-state index is 0.194. The van der Waals surface area contributed by atoms with Crippen LogP contribution in [0.1, 0.15) is 19.4 Å². The van der Waals surface area contributed by atoms with Gasteiger partial charge in [-0.3, -0.25) is 4.79 Å². The zero-order valence-electron chi connectivity index (χ0n) is 12.1. The van der Waals surface area contributed by atoms with Crippen molar-refractivity contribution in [3.63, 3.8) is 0 Å². The Labute approximate surface area is 119 Å². The van der Waals surface area contributed by atoms with Crippen LogP contribution in [0.5, 0.6) is 0 Å². The molecule has 104 valence electrons. The third kappa shape index (κ3) is 3.25. The van der Waals surface area contributed by atoms with Gasteiger partial charge in [0, 0.05) is 5.69 Å². The van der Waals surface area contributed by atoms with Gasteiger partial charge in [0.25, 0.3) is 0 Å². The van der Waals surface area contributed by atoms with Crippen molar-refractivity contribution in [3.8, 4) is 11.1 Å². The summed E-state index contributed by atoms with van der Waals surface area (Å²) in [4.78, 5) is 11.9. The van der Waals surface area contributed by atoms with Crippen molar-refractivity contribution in [2.45, 2.75) is 26.3 Å². The maximum atomic E-state index is 11.9. The highest BCUT2D eigenvalue weighted by Crippen LogP contribution is 2.26. The molecule has 0 fully saturated rings. The van der Waals surface area contributed by atoms with Gasteiger partial charge in [-0.05, 0) is 49.6 Å². The van der Waals surface area contributed by atoms with Gasteiger partial charge in [-0.2, -0.15) is 0 Å². The lowest BCUT2D eigenvalue weighted by atomic mass is 9.99. The average molecular weight is 268 g/mol. The molecule has 0 aliphatic heterocycles. The lowest BCUT2D eigenvalue weighted by Gasteiger charge is -2.18. The molecule has 2 aromatic rings. The predicted molar refractivity (Wildman–Crippen MR) is 83.5 cm³/mol. The Morgan fingerprint density at radius 1 is 1.10 bits per heavy atom. The van der Waals surface area contributed by atoms with Crippen LogP contribution in [0.3, 0.4) is 0 Å². The molecule has 0 unspecified atom stereocenters. The van der Waals surface area contributed by atoms with Crippen molar-refractivity contribution in [1.29, 1.82) is 0 Å². The zero-order valence-corrected chi connectivity index (χ0v) is 12.1. The Hall–Kier alpha value is -2.13. The highest BCUT2D eigenvalue weighted by atomic mass is 16.2. The molecule has 0 spiro atoms. The maximum absolute atomic E-state index is 11.9. The van der Waals surface area contributed by atoms with E-state index in [4.69, 9.17) is 5.73 Å². The van der Waals surface area contributed by atoms with Gasteiger partial charge in [-0.1, -0.05) is 36.4 Å². The van der Waals surface area contributed by atoms with Gasteiger partial charge in [0.05, 0.1) is 5.54 Å². The van der Waals surface area contributed by atoms with Gasteiger partial charge in [-0.15, -0.1) is 0 Å². The second-order valence-electron chi connectivity index (χ2n) is 5.57. The molecule has 0 aliphatic carbocycles. The molecule has 0 saturated heterocycles. The van der Waals surface area contributed by atoms with E-state index in [1.54, 1.807) is 13.8 Å². The summed E-state index contributed by atoms with van der Waals surface area (Å²) < 4.78 is 0. The highest BCUT2D eigenvalue weighted by molar-refractivity contribution is 5.97. The molecule has 0 heterocycles. The second-order valence-corrected chi connectivity index (χ2v) is 5.57. The van der Waals surface area contributed by atoms with Crippen LogP contribution in [0.4, 0.5) is 5.69 Å². The molecule has 1 amide bonds. The molecule has 0 saturated carbocycles. The summed E-state index contributed by atoms with van der Waals surface area (Å²) in [6.45, 7) is 5.43. The number of amides is 1. The summed E-state index contributed by atoms with van der Waals surface area (Å²) in [5.74, 6) is -0.194. The van der Waals surface area contributed by atoms with E-state index in [0.717, 1.165) is 16.8 Å². The Balaban J connectivity index is 2.33. The smallest absolute Gasteiger partial charge is 0.243 e. The zero-order chi connectivity index (χ0) is 14.8. The summed E-state index contributed by atoms with van der Waals surface area (Å²) in [6, 6.07) is 16.0. The Morgan fingerprint density at radius 3 is 2.35 bits per heavy atom. The normalized spacial score (nSPS) is 11.2. The first kappa shape index (κ1) is 14.3. The highest BCUT2D eigenvalue weighted by Gasteiger charge is 2.21. The molecule has 0 radical (unpaired) electrons. The van der Waals surface area contributed by atoms with E-state index in [1.807, 2.05) is 36.4 Å². The first-order chi connectivity index (χ1) is 9.38. The quantitative estimate of drug-likeness (QED) is 0.897. The Morgan fingerprint density at radius 2 is 1.75 bits per heavy atom. The molecule has 3 N–H and O–H groups in total. The van der Waals surface area contributed by atoms with Crippen LogP contribution in [0.25, 0.3) is 11.1 Å². The molecule has 0 aliphatic rings. The van der Waals surface area contributed by atoms with E-state index < -0.39 is 5.54 Å². The summed E-state index contributed by atoms with van der Waals surface area (Å²) in [5.41, 5.74) is 9.07. The number of anilines is 1. The number of hydrogen-bond acceptors (Lipinski definition) is 2. The van der Waals surface area contributed by atoms with E-state index in [2.05, 4.69) is 24.4 Å². The minimum atomic E-state index is -0.891. The topological polar surface area (TPSA) is 55.1 Å². The van der Waals surface area contributed by atoms with E-state index in [9.17, 15) is 4.79 Å². The third-order valence-corrected chi connectivity index (χ3v) is 3.17. The number of carbonyl (C=O) groups is 1. The number of hydrogen-bond donors (Lipinski definition) is 2. The molecule has 2 aromatic carbocycles. The predicted octanol–water partition coefficient (Wildman–Crippen LogP) is 3.34. The summed E-state index contributed by atoms with van der Waals surface area (Å²) in [5, 5.41) is 2.86. The van der Waals surface area contributed by atoms with Gasteiger partial charge in [0.15, 0.2) is 0 Å². The molecular formula is C17H20N2O. The molecule has 0 bridgehead atoms. The van der Waals surface area contributed by atoms with Gasteiger partial charge in [-0.25, -0.2) is 0 Å². The van der Waals surface area contributed by atoms with Crippen LogP contribution in [-0.2, 0) is 4.79 Å². The van der Waals surface area contributed by atoms with Crippen LogP contribution < -0.4 is 11.1 Å². The summed E-state index contributed by atoms with van der Waals surface area (Å²) in [7, 11) is 0. The van der Waals surface area contributed by atoms with Crippen LogP contribution in [-0.4, -0.2) is 11.4 Å². The van der Waals surface area contributed by atoms with Gasteiger partial charge in [0.1, 0.15) is 0 Å². The fourth-order valence-electron chi connectivity index (χ4n) is 1.92. The lowest BCUT2D eigenvalue weighted by Crippen LogP contribution is -2.45. The van der Waals surface area contributed by atoms with Crippen LogP contribution in [0.2, 0.25) is 0 Å². The molecule has 0 aromatic heterocycles. The van der Waals surface area contributed by atoms with Gasteiger partial charge < -0.3 is 11.1 Å². The van der Waals surface area contributed by atoms with E-state index in [-0.39, 0.29) is 5.91 Å². The van der Waals surface area contributed by atoms with Gasteiger partial charge in [0.2, 0.25) is 5.91 Å². The van der Waals surface area contributed by atoms with E-state index >= 15 is 0 Å². The number of nitrogens with two attached hydrogens (primary N) is 1. The fraction of sp³-hybridized carbons (Fsp3) is 0.235. The molecule has 2 rings (SSSR count). The number of carbonyl (C=O) groups excluding carboxylic acids is 1. The van der Waals surface area contributed by atoms with Crippen molar-refractivity contribution in [2.75, 3.05) is 5.32 Å². The van der Waals surface area contributed by atoms with Crippen molar-refractivity contribution in [1.82, 2.24) is 0 Å². The number of benzene rings is 2. The first-order valence-corrected chi connectivity index (χ1v) is 6.64. The monoisotopic (exact) mass is 268 g/mol. The minimum Gasteiger partial charge on any atom is -0.324 e. The Bertz CT molecular complexity index is 613. The number of aryl methyl sites for hydroxylation is 1. The first-order valence-electron chi connectivity index (χ1n) is 6.64. The van der Waals surface area contributed by atoms with Crippen LogP contribution in [0, 0.1) is 6.92 Å². The molecule has 3 nitrogen and oxygen atoms in total. The van der Waals surface area contributed by atoms with Gasteiger partial charge >= 0.3 is 0 Å². The molecule has 0 atom stereocenters. The van der Waals surface area contributed by atoms with E-state index in [1.165, 1.54) is 5.56 Å². The number of rotatable bonds is 3. The molecule has 20 heavy (non-hydrogen) atoms. The second kappa shape index (κ2) is 5.47. The fourth-order valence-corrected chi connectivity index (χ4v) is 1.92. The van der Waals surface area contributed by atoms with Crippen molar-refractivity contribution >= 4 is 11.6 Å². The Kier molecular flexibility index (Phi) is 3.91. The van der Waals surface area contributed by atoms with E-state index in [0.29, 0.717) is 0 Å². The largest absolute Gasteiger partial charge is 0.324 e. The van der Waals surface area contributed by atoms with Crippen molar-refractivity contribution in [2.24, 2.45) is 5.73 Å². The van der Waals surface area contributed by atoms with Crippen molar-refractivity contribution < 1.29 is 4.79 Å². The molecular weight excluding hydrogens is 248 g/mol. The SMILES string of the molecule is Cc1ccc(NC(=O)C(C)(C)N)cc1-c1ccccc1. The maximum Gasteiger partial charge on any atom is 0.243 e. The average Bonchev–Trinajstić information content (AvgIpc) is 2.41. The number of nitrogens with one attached hydrogen (secondary N) is 1. The molecule has 3 heteroatoms. The third-order valence-electron chi connectivity index (χ3n) is 3.17. The lowest BCUT2D eigenvalue weighted by molar-refractivity contribution is -0.120. The summed E-state index contributed by atoms with van der Waals surface area (Å²) in [6.07, 6.45) is 0.